The summed E-state index contributed by atoms with van der Waals surface area (Å²) in [6, 6.07) is 9.09. The van der Waals surface area contributed by atoms with E-state index >= 15 is 0 Å². The number of carboxylic acid groups (broad SMARTS) is 1. The number of carboxylic acids is 1. The summed E-state index contributed by atoms with van der Waals surface area (Å²) in [5, 5.41) is 13.7. The van der Waals surface area contributed by atoms with Crippen LogP contribution in [-0.2, 0) is 0 Å². The summed E-state index contributed by atoms with van der Waals surface area (Å²) in [5.41, 5.74) is 1.79. The van der Waals surface area contributed by atoms with Crippen LogP contribution in [0.15, 0.2) is 40.8 Å². The van der Waals surface area contributed by atoms with Crippen molar-refractivity contribution in [1.82, 2.24) is 0 Å². The molecule has 1 aliphatic rings. The molecule has 1 heterocycles. The van der Waals surface area contributed by atoms with Gasteiger partial charge in [0, 0.05) is 23.6 Å². The molecular weight excluding hydrogens is 361 g/mol. The Morgan fingerprint density at radius 3 is 2.61 bits per heavy atom. The first kappa shape index (κ1) is 18.3. The lowest BCUT2D eigenvalue weighted by atomic mass is 10.0. The number of carbonyl (C=O) groups is 1. The molecule has 2 N–H and O–H groups in total. The van der Waals surface area contributed by atoms with Gasteiger partial charge in [0.2, 0.25) is 0 Å². The summed E-state index contributed by atoms with van der Waals surface area (Å²) >= 11 is 0. The van der Waals surface area contributed by atoms with Crippen LogP contribution >= 0.6 is 0 Å². The zero-order chi connectivity index (χ0) is 19.8. The van der Waals surface area contributed by atoms with Gasteiger partial charge >= 0.3 is 5.97 Å². The maximum atomic E-state index is 13.3. The number of aromatic carboxylic acids is 1. The van der Waals surface area contributed by atoms with Crippen molar-refractivity contribution >= 4 is 22.6 Å². The number of nitrogens with one attached hydrogen (secondary N) is 1. The maximum absolute atomic E-state index is 13.3. The normalized spacial score (nSPS) is 13.9. The van der Waals surface area contributed by atoms with E-state index in [1.165, 1.54) is 37.1 Å². The molecule has 4 rings (SSSR count). The molecule has 5 nitrogen and oxygen atoms in total. The van der Waals surface area contributed by atoms with E-state index in [9.17, 15) is 14.3 Å². The van der Waals surface area contributed by atoms with Crippen molar-refractivity contribution in [3.8, 4) is 17.1 Å². The van der Waals surface area contributed by atoms with Gasteiger partial charge in [0.25, 0.3) is 0 Å². The molecule has 3 aromatic rings. The van der Waals surface area contributed by atoms with Crippen molar-refractivity contribution in [2.75, 3.05) is 11.9 Å². The summed E-state index contributed by atoms with van der Waals surface area (Å²) in [4.78, 5) is 12.0. The van der Waals surface area contributed by atoms with Crippen LogP contribution in [0.5, 0.6) is 5.75 Å². The molecule has 1 aromatic heterocycles. The summed E-state index contributed by atoms with van der Waals surface area (Å²) in [6.07, 6.45) is 2.37. The molecule has 0 amide bonds. The molecule has 0 aliphatic heterocycles. The quantitative estimate of drug-likeness (QED) is 0.560. The largest absolute Gasteiger partial charge is 0.489 e. The van der Waals surface area contributed by atoms with Crippen LogP contribution in [0.4, 0.5) is 10.1 Å². The molecule has 1 fully saturated rings. The van der Waals surface area contributed by atoms with Crippen LogP contribution in [0.3, 0.4) is 0 Å². The fourth-order valence-corrected chi connectivity index (χ4v) is 3.21. The number of benzene rings is 2. The molecule has 6 heteroatoms. The van der Waals surface area contributed by atoms with Gasteiger partial charge in [0.05, 0.1) is 11.8 Å². The number of halogens is 1. The molecule has 2 aromatic carbocycles. The molecule has 0 spiro atoms. The standard InChI is InChI=1S/C22H22FNO4/c1-12(2)27-19-9-16-18(10-17(19)24-11-13-3-4-13)28-21(20(16)22(25)26)14-5-7-15(23)8-6-14/h5-10,12-13,24H,3-4,11H2,1-2H3,(H,25,26). The molecular formula is C22H22FNO4. The molecule has 146 valence electrons. The molecule has 0 saturated heterocycles. The van der Waals surface area contributed by atoms with E-state index in [2.05, 4.69) is 5.32 Å². The van der Waals surface area contributed by atoms with E-state index in [1.807, 2.05) is 13.8 Å². The van der Waals surface area contributed by atoms with Crippen molar-refractivity contribution in [1.29, 1.82) is 0 Å². The number of hydrogen-bond acceptors (Lipinski definition) is 4. The molecule has 0 atom stereocenters. The minimum Gasteiger partial charge on any atom is -0.489 e. The van der Waals surface area contributed by atoms with Crippen molar-refractivity contribution in [3.63, 3.8) is 0 Å². The smallest absolute Gasteiger partial charge is 0.340 e. The Hall–Kier alpha value is -3.02. The van der Waals surface area contributed by atoms with Gasteiger partial charge in [-0.3, -0.25) is 0 Å². The van der Waals surface area contributed by atoms with Crippen molar-refractivity contribution in [2.24, 2.45) is 5.92 Å². The minimum atomic E-state index is -1.10. The second-order valence-electron chi connectivity index (χ2n) is 7.45. The third kappa shape index (κ3) is 3.67. The first-order valence-corrected chi connectivity index (χ1v) is 9.42. The Labute approximate surface area is 162 Å². The van der Waals surface area contributed by atoms with Gasteiger partial charge in [0.1, 0.15) is 28.5 Å². The highest BCUT2D eigenvalue weighted by Crippen LogP contribution is 2.40. The van der Waals surface area contributed by atoms with E-state index in [4.69, 9.17) is 9.15 Å². The van der Waals surface area contributed by atoms with Crippen LogP contribution < -0.4 is 10.1 Å². The predicted octanol–water partition coefficient (Wildman–Crippen LogP) is 5.55. The van der Waals surface area contributed by atoms with Gasteiger partial charge in [-0.25, -0.2) is 9.18 Å². The van der Waals surface area contributed by atoms with Gasteiger partial charge in [-0.05, 0) is 62.9 Å². The average molecular weight is 383 g/mol. The Balaban J connectivity index is 1.85. The summed E-state index contributed by atoms with van der Waals surface area (Å²) in [5.74, 6) is -0.0267. The lowest BCUT2D eigenvalue weighted by Crippen LogP contribution is -2.10. The third-order valence-electron chi connectivity index (χ3n) is 4.75. The second kappa shape index (κ2) is 7.19. The van der Waals surface area contributed by atoms with Gasteiger partial charge < -0.3 is 19.6 Å². The van der Waals surface area contributed by atoms with Gasteiger partial charge in [-0.2, -0.15) is 0 Å². The van der Waals surface area contributed by atoms with Crippen molar-refractivity contribution in [2.45, 2.75) is 32.8 Å². The second-order valence-corrected chi connectivity index (χ2v) is 7.45. The molecule has 1 aliphatic carbocycles. The maximum Gasteiger partial charge on any atom is 0.340 e. The average Bonchev–Trinajstić information content (AvgIpc) is 3.39. The lowest BCUT2D eigenvalue weighted by molar-refractivity contribution is 0.0699. The van der Waals surface area contributed by atoms with E-state index in [0.29, 0.717) is 28.2 Å². The van der Waals surface area contributed by atoms with Gasteiger partial charge in [-0.1, -0.05) is 0 Å². The van der Waals surface area contributed by atoms with Crippen LogP contribution in [0.1, 0.15) is 37.0 Å². The third-order valence-corrected chi connectivity index (χ3v) is 4.75. The van der Waals surface area contributed by atoms with Crippen LogP contribution in [0.2, 0.25) is 0 Å². The molecule has 1 saturated carbocycles. The Morgan fingerprint density at radius 1 is 1.29 bits per heavy atom. The number of rotatable bonds is 7. The van der Waals surface area contributed by atoms with E-state index in [0.717, 1.165) is 12.2 Å². The zero-order valence-corrected chi connectivity index (χ0v) is 15.8. The number of hydrogen-bond donors (Lipinski definition) is 2. The Kier molecular flexibility index (Phi) is 4.71. The van der Waals surface area contributed by atoms with Gasteiger partial charge in [-0.15, -0.1) is 0 Å². The minimum absolute atomic E-state index is 0.0453. The van der Waals surface area contributed by atoms with Crippen molar-refractivity contribution in [3.05, 3.63) is 47.8 Å². The number of furan rings is 1. The fraction of sp³-hybridized carbons (Fsp3) is 0.318. The highest BCUT2D eigenvalue weighted by Gasteiger charge is 2.25. The summed E-state index contributed by atoms with van der Waals surface area (Å²) in [6.45, 7) is 4.69. The molecule has 28 heavy (non-hydrogen) atoms. The molecule has 0 bridgehead atoms. The summed E-state index contributed by atoms with van der Waals surface area (Å²) in [7, 11) is 0. The van der Waals surface area contributed by atoms with E-state index in [1.54, 1.807) is 12.1 Å². The zero-order valence-electron chi connectivity index (χ0n) is 15.8. The van der Waals surface area contributed by atoms with Crippen LogP contribution in [0, 0.1) is 11.7 Å². The monoisotopic (exact) mass is 383 g/mol. The Morgan fingerprint density at radius 2 is 2.00 bits per heavy atom. The number of fused-ring (bicyclic) bond motifs is 1. The SMILES string of the molecule is CC(C)Oc1cc2c(C(=O)O)c(-c3ccc(F)cc3)oc2cc1NCC1CC1. The highest BCUT2D eigenvalue weighted by molar-refractivity contribution is 6.09. The fourth-order valence-electron chi connectivity index (χ4n) is 3.21. The molecule has 0 radical (unpaired) electrons. The number of ether oxygens (including phenoxy) is 1. The predicted molar refractivity (Wildman–Crippen MR) is 106 cm³/mol. The van der Waals surface area contributed by atoms with Gasteiger partial charge in [0.15, 0.2) is 0 Å². The van der Waals surface area contributed by atoms with E-state index < -0.39 is 11.8 Å². The first-order chi connectivity index (χ1) is 13.4. The van der Waals surface area contributed by atoms with E-state index in [-0.39, 0.29) is 17.4 Å². The van der Waals surface area contributed by atoms with Crippen LogP contribution in [0.25, 0.3) is 22.3 Å². The summed E-state index contributed by atoms with van der Waals surface area (Å²) < 4.78 is 25.1. The first-order valence-electron chi connectivity index (χ1n) is 9.42. The highest BCUT2D eigenvalue weighted by atomic mass is 19.1. The van der Waals surface area contributed by atoms with Crippen LogP contribution in [-0.4, -0.2) is 23.7 Å². The molecule has 0 unspecified atom stereocenters. The topological polar surface area (TPSA) is 71.7 Å². The number of anilines is 1. The van der Waals surface area contributed by atoms with Crippen molar-refractivity contribution < 1.29 is 23.4 Å². The Bertz CT molecular complexity index is 1020. The lowest BCUT2D eigenvalue weighted by Gasteiger charge is -2.15.